The lowest BCUT2D eigenvalue weighted by atomic mass is 10.2. The zero-order chi connectivity index (χ0) is 5.56. The van der Waals surface area contributed by atoms with E-state index in [-0.39, 0.29) is 12.4 Å². The molecule has 0 amide bonds. The number of hydrogen-bond acceptors (Lipinski definition) is 1. The smallest absolute Gasteiger partial charge is 0.139 e. The molecule has 0 bridgehead atoms. The maximum atomic E-state index is 11.0. The minimum Gasteiger partial charge on any atom is -0.299 e. The molecule has 2 aliphatic carbocycles. The van der Waals surface area contributed by atoms with Gasteiger partial charge in [0.25, 0.3) is 0 Å². The third-order valence-electron chi connectivity index (χ3n) is 1.96. The monoisotopic (exact) mass is 146 g/mol. The van der Waals surface area contributed by atoms with Gasteiger partial charge in [0.05, 0.1) is 0 Å². The zero-order valence-corrected chi connectivity index (χ0v) is 6.12. The van der Waals surface area contributed by atoms with Gasteiger partial charge in [-0.05, 0) is 25.7 Å². The first-order chi connectivity index (χ1) is 3.88. The maximum Gasteiger partial charge on any atom is 0.139 e. The Labute approximate surface area is 61.2 Å². The van der Waals surface area contributed by atoms with E-state index in [1.807, 2.05) is 0 Å². The van der Waals surface area contributed by atoms with Crippen LogP contribution in [-0.2, 0) is 4.79 Å². The molecule has 0 aromatic rings. The molecule has 0 N–H and O–H groups in total. The number of carbonyl (C=O) groups is 1. The van der Waals surface area contributed by atoms with Crippen LogP contribution in [0.25, 0.3) is 0 Å². The van der Waals surface area contributed by atoms with E-state index >= 15 is 0 Å². The molecular weight excluding hydrogens is 136 g/mol. The lowest BCUT2D eigenvalue weighted by molar-refractivity contribution is -0.121. The average Bonchev–Trinajstić information content (AvgIpc) is 2.63. The van der Waals surface area contributed by atoms with Gasteiger partial charge in [-0.15, -0.1) is 12.4 Å². The van der Waals surface area contributed by atoms with Crippen LogP contribution in [0.4, 0.5) is 0 Å². The molecule has 0 aromatic carbocycles. The Morgan fingerprint density at radius 2 is 1.33 bits per heavy atom. The Bertz CT molecular complexity index is 111. The highest BCUT2D eigenvalue weighted by Gasteiger charge is 2.39. The zero-order valence-electron chi connectivity index (χ0n) is 5.30. The second kappa shape index (κ2) is 2.30. The SMILES string of the molecule is Cl.O=C(C1CC1)C1CC1. The lowest BCUT2D eigenvalue weighted by Gasteiger charge is -1.87. The molecule has 0 radical (unpaired) electrons. The molecule has 0 aromatic heterocycles. The van der Waals surface area contributed by atoms with Gasteiger partial charge < -0.3 is 0 Å². The first-order valence-electron chi connectivity index (χ1n) is 3.41. The third-order valence-corrected chi connectivity index (χ3v) is 1.96. The molecular formula is C7H11ClO. The van der Waals surface area contributed by atoms with Crippen LogP contribution in [0.3, 0.4) is 0 Å². The lowest BCUT2D eigenvalue weighted by Crippen LogP contribution is -2.01. The quantitative estimate of drug-likeness (QED) is 0.581. The summed E-state index contributed by atoms with van der Waals surface area (Å²) in [5, 5.41) is 0. The van der Waals surface area contributed by atoms with Gasteiger partial charge in [-0.25, -0.2) is 0 Å². The predicted octanol–water partition coefficient (Wildman–Crippen LogP) is 1.80. The molecule has 0 spiro atoms. The summed E-state index contributed by atoms with van der Waals surface area (Å²) in [5.41, 5.74) is 0. The number of carbonyl (C=O) groups excluding carboxylic acids is 1. The molecule has 9 heavy (non-hydrogen) atoms. The molecule has 0 saturated heterocycles. The summed E-state index contributed by atoms with van der Waals surface area (Å²) in [5.74, 6) is 1.61. The van der Waals surface area contributed by atoms with Crippen molar-refractivity contribution in [3.63, 3.8) is 0 Å². The Kier molecular flexibility index (Phi) is 1.80. The Morgan fingerprint density at radius 3 is 1.56 bits per heavy atom. The van der Waals surface area contributed by atoms with Crippen LogP contribution in [0.5, 0.6) is 0 Å². The van der Waals surface area contributed by atoms with Crippen LogP contribution < -0.4 is 0 Å². The van der Waals surface area contributed by atoms with Crippen LogP contribution >= 0.6 is 12.4 Å². The van der Waals surface area contributed by atoms with Crippen molar-refractivity contribution in [3.8, 4) is 0 Å². The number of halogens is 1. The van der Waals surface area contributed by atoms with E-state index in [0.717, 1.165) is 0 Å². The van der Waals surface area contributed by atoms with Gasteiger partial charge in [0.15, 0.2) is 0 Å². The van der Waals surface area contributed by atoms with E-state index in [2.05, 4.69) is 0 Å². The second-order valence-corrected chi connectivity index (χ2v) is 2.95. The average molecular weight is 147 g/mol. The summed E-state index contributed by atoms with van der Waals surface area (Å²) in [7, 11) is 0. The van der Waals surface area contributed by atoms with Crippen LogP contribution in [0.1, 0.15) is 25.7 Å². The molecule has 0 atom stereocenters. The standard InChI is InChI=1S/C7H10O.ClH/c8-7(5-1-2-5)6-3-4-6;/h5-6H,1-4H2;1H. The number of ketones is 1. The molecule has 2 heteroatoms. The Hall–Kier alpha value is -0.0400. The van der Waals surface area contributed by atoms with Gasteiger partial charge in [-0.3, -0.25) is 4.79 Å². The van der Waals surface area contributed by atoms with Crippen molar-refractivity contribution in [1.29, 1.82) is 0 Å². The Balaban J connectivity index is 0.000000405. The van der Waals surface area contributed by atoms with Crippen LogP contribution in [0.2, 0.25) is 0 Å². The van der Waals surface area contributed by atoms with Gasteiger partial charge in [-0.2, -0.15) is 0 Å². The largest absolute Gasteiger partial charge is 0.299 e. The minimum absolute atomic E-state index is 0. The first-order valence-corrected chi connectivity index (χ1v) is 3.41. The van der Waals surface area contributed by atoms with Gasteiger partial charge in [0, 0.05) is 11.8 Å². The van der Waals surface area contributed by atoms with Crippen LogP contribution in [-0.4, -0.2) is 5.78 Å². The van der Waals surface area contributed by atoms with E-state index in [4.69, 9.17) is 0 Å². The minimum atomic E-state index is 0. The molecule has 52 valence electrons. The molecule has 0 unspecified atom stereocenters. The summed E-state index contributed by atoms with van der Waals surface area (Å²) in [4.78, 5) is 11.0. The van der Waals surface area contributed by atoms with E-state index in [1.165, 1.54) is 25.7 Å². The molecule has 0 aliphatic heterocycles. The molecule has 0 heterocycles. The van der Waals surface area contributed by atoms with Crippen molar-refractivity contribution < 1.29 is 4.79 Å². The Morgan fingerprint density at radius 1 is 1.00 bits per heavy atom. The van der Waals surface area contributed by atoms with Crippen LogP contribution in [0.15, 0.2) is 0 Å². The highest BCUT2D eigenvalue weighted by atomic mass is 35.5. The predicted molar refractivity (Wildman–Crippen MR) is 37.7 cm³/mol. The van der Waals surface area contributed by atoms with E-state index in [9.17, 15) is 4.79 Å². The van der Waals surface area contributed by atoms with Crippen molar-refractivity contribution >= 4 is 18.2 Å². The van der Waals surface area contributed by atoms with Crippen molar-refractivity contribution in [1.82, 2.24) is 0 Å². The number of hydrogen-bond donors (Lipinski definition) is 0. The van der Waals surface area contributed by atoms with Crippen molar-refractivity contribution in [3.05, 3.63) is 0 Å². The van der Waals surface area contributed by atoms with Gasteiger partial charge in [0.1, 0.15) is 5.78 Å². The van der Waals surface area contributed by atoms with Gasteiger partial charge in [0.2, 0.25) is 0 Å². The molecule has 1 nitrogen and oxygen atoms in total. The van der Waals surface area contributed by atoms with Crippen molar-refractivity contribution in [2.24, 2.45) is 11.8 Å². The van der Waals surface area contributed by atoms with Gasteiger partial charge in [-0.1, -0.05) is 0 Å². The van der Waals surface area contributed by atoms with E-state index in [1.54, 1.807) is 0 Å². The van der Waals surface area contributed by atoms with Crippen molar-refractivity contribution in [2.75, 3.05) is 0 Å². The summed E-state index contributed by atoms with van der Waals surface area (Å²) >= 11 is 0. The fraction of sp³-hybridized carbons (Fsp3) is 0.857. The summed E-state index contributed by atoms with van der Waals surface area (Å²) in [6.45, 7) is 0. The highest BCUT2D eigenvalue weighted by Crippen LogP contribution is 2.40. The van der Waals surface area contributed by atoms with Crippen molar-refractivity contribution in [2.45, 2.75) is 25.7 Å². The summed E-state index contributed by atoms with van der Waals surface area (Å²) in [6, 6.07) is 0. The molecule has 2 saturated carbocycles. The van der Waals surface area contributed by atoms with E-state index in [0.29, 0.717) is 17.6 Å². The first kappa shape index (κ1) is 7.07. The third kappa shape index (κ3) is 1.45. The van der Waals surface area contributed by atoms with Crippen LogP contribution in [0, 0.1) is 11.8 Å². The second-order valence-electron chi connectivity index (χ2n) is 2.95. The van der Waals surface area contributed by atoms with Gasteiger partial charge >= 0.3 is 0 Å². The summed E-state index contributed by atoms with van der Waals surface area (Å²) < 4.78 is 0. The normalized spacial score (nSPS) is 24.9. The van der Waals surface area contributed by atoms with E-state index < -0.39 is 0 Å². The summed E-state index contributed by atoms with van der Waals surface area (Å²) in [6.07, 6.45) is 4.76. The topological polar surface area (TPSA) is 17.1 Å². The molecule has 2 aliphatic rings. The number of Topliss-reactive ketones (excluding diaryl/α,β-unsaturated/α-hetero) is 1. The number of rotatable bonds is 2. The molecule has 2 rings (SSSR count). The fourth-order valence-corrected chi connectivity index (χ4v) is 1.07. The fourth-order valence-electron chi connectivity index (χ4n) is 1.07. The highest BCUT2D eigenvalue weighted by molar-refractivity contribution is 5.87. The molecule has 2 fully saturated rings. The maximum absolute atomic E-state index is 11.0.